The third-order valence-corrected chi connectivity index (χ3v) is 3.21. The molecule has 0 aliphatic carbocycles. The summed E-state index contributed by atoms with van der Waals surface area (Å²) in [4.78, 5) is 0. The van der Waals surface area contributed by atoms with Crippen LogP contribution in [0, 0.1) is 13.8 Å². The van der Waals surface area contributed by atoms with Crippen molar-refractivity contribution in [1.29, 1.82) is 0 Å². The van der Waals surface area contributed by atoms with E-state index >= 15 is 0 Å². The zero-order valence-corrected chi connectivity index (χ0v) is 11.2. The zero-order chi connectivity index (χ0) is 13.1. The second kappa shape index (κ2) is 5.23. The van der Waals surface area contributed by atoms with E-state index in [2.05, 4.69) is 38.1 Å². The number of methoxy groups -OCH3 is 1. The van der Waals surface area contributed by atoms with E-state index in [1.54, 1.807) is 7.11 Å². The highest BCUT2D eigenvalue weighted by Crippen LogP contribution is 2.30. The molecule has 2 nitrogen and oxygen atoms in total. The predicted molar refractivity (Wildman–Crippen MR) is 75.8 cm³/mol. The number of nitrogens with two attached hydrogens (primary N) is 1. The highest BCUT2D eigenvalue weighted by atomic mass is 16.5. The summed E-state index contributed by atoms with van der Waals surface area (Å²) >= 11 is 0. The summed E-state index contributed by atoms with van der Waals surface area (Å²) in [5.74, 6) is 0.863. The molecule has 0 atom stereocenters. The second-order valence-electron chi connectivity index (χ2n) is 4.55. The summed E-state index contributed by atoms with van der Waals surface area (Å²) in [5.41, 5.74) is 11.9. The normalized spacial score (nSPS) is 10.4. The predicted octanol–water partition coefficient (Wildman–Crippen LogP) is 3.44. The lowest BCUT2D eigenvalue weighted by atomic mass is 9.94. The Balaban J connectivity index is 2.60. The highest BCUT2D eigenvalue weighted by molar-refractivity contribution is 5.72. The van der Waals surface area contributed by atoms with E-state index in [0.717, 1.165) is 16.9 Å². The fourth-order valence-electron chi connectivity index (χ4n) is 2.23. The number of ether oxygens (including phenoxy) is 1. The lowest BCUT2D eigenvalue weighted by molar-refractivity contribution is 0.415. The van der Waals surface area contributed by atoms with Crippen molar-refractivity contribution in [1.82, 2.24) is 0 Å². The van der Waals surface area contributed by atoms with Crippen LogP contribution in [-0.2, 0) is 6.54 Å². The minimum Gasteiger partial charge on any atom is -0.497 e. The van der Waals surface area contributed by atoms with Crippen LogP contribution in [0.2, 0.25) is 0 Å². The first-order valence-electron chi connectivity index (χ1n) is 6.10. The monoisotopic (exact) mass is 241 g/mol. The summed E-state index contributed by atoms with van der Waals surface area (Å²) in [7, 11) is 1.68. The van der Waals surface area contributed by atoms with Crippen LogP contribution in [0.4, 0.5) is 0 Å². The molecule has 0 saturated heterocycles. The van der Waals surface area contributed by atoms with Crippen LogP contribution in [0.5, 0.6) is 5.75 Å². The van der Waals surface area contributed by atoms with Crippen molar-refractivity contribution < 1.29 is 4.74 Å². The van der Waals surface area contributed by atoms with Gasteiger partial charge in [-0.2, -0.15) is 0 Å². The van der Waals surface area contributed by atoms with Crippen molar-refractivity contribution in [3.05, 3.63) is 53.1 Å². The van der Waals surface area contributed by atoms with E-state index in [-0.39, 0.29) is 0 Å². The molecule has 0 unspecified atom stereocenters. The average molecular weight is 241 g/mol. The first kappa shape index (κ1) is 12.7. The Morgan fingerprint density at radius 1 is 1.00 bits per heavy atom. The maximum Gasteiger partial charge on any atom is 0.119 e. The zero-order valence-electron chi connectivity index (χ0n) is 11.2. The minimum absolute atomic E-state index is 0.534. The first-order chi connectivity index (χ1) is 8.65. The van der Waals surface area contributed by atoms with Gasteiger partial charge in [-0.15, -0.1) is 0 Å². The minimum atomic E-state index is 0.534. The van der Waals surface area contributed by atoms with E-state index in [1.165, 1.54) is 16.7 Å². The Morgan fingerprint density at radius 2 is 1.78 bits per heavy atom. The molecule has 0 saturated carbocycles. The van der Waals surface area contributed by atoms with Gasteiger partial charge in [0, 0.05) is 6.54 Å². The maximum absolute atomic E-state index is 5.82. The Kier molecular flexibility index (Phi) is 3.68. The topological polar surface area (TPSA) is 35.2 Å². The van der Waals surface area contributed by atoms with Crippen LogP contribution in [0.15, 0.2) is 36.4 Å². The Labute approximate surface area is 108 Å². The van der Waals surface area contributed by atoms with Crippen molar-refractivity contribution in [2.75, 3.05) is 7.11 Å². The van der Waals surface area contributed by atoms with Gasteiger partial charge in [0.1, 0.15) is 5.75 Å². The summed E-state index contributed by atoms with van der Waals surface area (Å²) in [5, 5.41) is 0. The SMILES string of the molecule is COc1ccc(CN)c(-c2ccc(C)cc2C)c1. The van der Waals surface area contributed by atoms with Gasteiger partial charge >= 0.3 is 0 Å². The largest absolute Gasteiger partial charge is 0.497 e. The van der Waals surface area contributed by atoms with Crippen LogP contribution in [0.25, 0.3) is 11.1 Å². The fraction of sp³-hybridized carbons (Fsp3) is 0.250. The van der Waals surface area contributed by atoms with Crippen LogP contribution >= 0.6 is 0 Å². The van der Waals surface area contributed by atoms with Crippen LogP contribution < -0.4 is 10.5 Å². The fourth-order valence-corrected chi connectivity index (χ4v) is 2.23. The molecule has 94 valence electrons. The van der Waals surface area contributed by atoms with Crippen molar-refractivity contribution in [3.63, 3.8) is 0 Å². The van der Waals surface area contributed by atoms with Crippen LogP contribution in [0.3, 0.4) is 0 Å². The van der Waals surface area contributed by atoms with Gasteiger partial charge in [-0.1, -0.05) is 29.8 Å². The van der Waals surface area contributed by atoms with Gasteiger partial charge in [-0.3, -0.25) is 0 Å². The first-order valence-corrected chi connectivity index (χ1v) is 6.10. The lowest BCUT2D eigenvalue weighted by Crippen LogP contribution is -2.00. The highest BCUT2D eigenvalue weighted by Gasteiger charge is 2.08. The van der Waals surface area contributed by atoms with Crippen LogP contribution in [0.1, 0.15) is 16.7 Å². The number of rotatable bonds is 3. The van der Waals surface area contributed by atoms with E-state index in [0.29, 0.717) is 6.54 Å². The summed E-state index contributed by atoms with van der Waals surface area (Å²) in [6, 6.07) is 12.5. The van der Waals surface area contributed by atoms with E-state index in [1.807, 2.05) is 12.1 Å². The van der Waals surface area contributed by atoms with E-state index < -0.39 is 0 Å². The molecule has 18 heavy (non-hydrogen) atoms. The number of hydrogen-bond donors (Lipinski definition) is 1. The molecule has 2 aromatic rings. The standard InChI is InChI=1S/C16H19NO/c1-11-4-7-15(12(2)8-11)16-9-14(18-3)6-5-13(16)10-17/h4-9H,10,17H2,1-3H3. The van der Waals surface area contributed by atoms with Crippen molar-refractivity contribution >= 4 is 0 Å². The molecule has 0 aliphatic rings. The molecule has 0 heterocycles. The van der Waals surface area contributed by atoms with Crippen molar-refractivity contribution in [3.8, 4) is 16.9 Å². The molecule has 0 aliphatic heterocycles. The molecule has 2 N–H and O–H groups in total. The molecule has 0 aromatic heterocycles. The summed E-state index contributed by atoms with van der Waals surface area (Å²) < 4.78 is 5.30. The average Bonchev–Trinajstić information content (AvgIpc) is 2.38. The molecular formula is C16H19NO. The Morgan fingerprint density at radius 3 is 2.39 bits per heavy atom. The number of benzene rings is 2. The van der Waals surface area contributed by atoms with Gasteiger partial charge in [0.2, 0.25) is 0 Å². The van der Waals surface area contributed by atoms with E-state index in [9.17, 15) is 0 Å². The van der Waals surface area contributed by atoms with Gasteiger partial charge in [0.15, 0.2) is 0 Å². The van der Waals surface area contributed by atoms with Gasteiger partial charge in [-0.05, 0) is 48.2 Å². The molecule has 0 radical (unpaired) electrons. The second-order valence-corrected chi connectivity index (χ2v) is 4.55. The Bertz CT molecular complexity index is 561. The third-order valence-electron chi connectivity index (χ3n) is 3.21. The smallest absolute Gasteiger partial charge is 0.119 e. The lowest BCUT2D eigenvalue weighted by Gasteiger charge is -2.13. The van der Waals surface area contributed by atoms with Crippen molar-refractivity contribution in [2.45, 2.75) is 20.4 Å². The van der Waals surface area contributed by atoms with Gasteiger partial charge in [0.05, 0.1) is 7.11 Å². The van der Waals surface area contributed by atoms with Crippen LogP contribution in [-0.4, -0.2) is 7.11 Å². The third kappa shape index (κ3) is 2.39. The van der Waals surface area contributed by atoms with Gasteiger partial charge < -0.3 is 10.5 Å². The molecule has 0 spiro atoms. The molecular weight excluding hydrogens is 222 g/mol. The van der Waals surface area contributed by atoms with Gasteiger partial charge in [0.25, 0.3) is 0 Å². The molecule has 2 aromatic carbocycles. The molecule has 0 amide bonds. The van der Waals surface area contributed by atoms with E-state index in [4.69, 9.17) is 10.5 Å². The number of hydrogen-bond acceptors (Lipinski definition) is 2. The maximum atomic E-state index is 5.82. The van der Waals surface area contributed by atoms with Crippen molar-refractivity contribution in [2.24, 2.45) is 5.73 Å². The molecule has 2 heteroatoms. The molecule has 2 rings (SSSR count). The number of aryl methyl sites for hydroxylation is 2. The summed E-state index contributed by atoms with van der Waals surface area (Å²) in [6.07, 6.45) is 0. The molecule has 0 fully saturated rings. The molecule has 0 bridgehead atoms. The van der Waals surface area contributed by atoms with Gasteiger partial charge in [-0.25, -0.2) is 0 Å². The Hall–Kier alpha value is -1.80. The summed E-state index contributed by atoms with van der Waals surface area (Å²) in [6.45, 7) is 4.76. The quantitative estimate of drug-likeness (QED) is 0.893.